The molecule has 0 amide bonds. The highest BCUT2D eigenvalue weighted by atomic mass is 32.2. The Bertz CT molecular complexity index is 459. The lowest BCUT2D eigenvalue weighted by atomic mass is 9.99. The average Bonchev–Trinajstić information content (AvgIpc) is 2.29. The molecule has 1 fully saturated rings. The van der Waals surface area contributed by atoms with Gasteiger partial charge in [0.1, 0.15) is 0 Å². The van der Waals surface area contributed by atoms with Gasteiger partial charge < -0.3 is 5.32 Å². The van der Waals surface area contributed by atoms with Crippen molar-refractivity contribution in [2.75, 3.05) is 13.1 Å². The number of nitrogens with one attached hydrogen (secondary N) is 2. The number of hydrogen-bond acceptors (Lipinski definition) is 3. The molecule has 0 aliphatic carbocycles. The van der Waals surface area contributed by atoms with Gasteiger partial charge in [0.25, 0.3) is 0 Å². The van der Waals surface area contributed by atoms with Gasteiger partial charge >= 0.3 is 0 Å². The van der Waals surface area contributed by atoms with Crippen LogP contribution in [0, 0.1) is 5.92 Å². The van der Waals surface area contributed by atoms with Crippen molar-refractivity contribution < 1.29 is 8.42 Å². The van der Waals surface area contributed by atoms with E-state index in [0.29, 0.717) is 17.4 Å². The maximum absolute atomic E-state index is 12.1. The molecule has 0 bridgehead atoms. The second kappa shape index (κ2) is 5.16. The number of sulfonamides is 1. The first-order valence-electron chi connectivity index (χ1n) is 5.86. The first-order valence-corrected chi connectivity index (χ1v) is 7.34. The fourth-order valence-electron chi connectivity index (χ4n) is 2.13. The van der Waals surface area contributed by atoms with Gasteiger partial charge in [-0.2, -0.15) is 0 Å². The van der Waals surface area contributed by atoms with Gasteiger partial charge in [-0.05, 0) is 31.0 Å². The summed E-state index contributed by atoms with van der Waals surface area (Å²) in [6, 6.07) is 8.49. The van der Waals surface area contributed by atoms with Crippen LogP contribution in [-0.2, 0) is 10.0 Å². The summed E-state index contributed by atoms with van der Waals surface area (Å²) in [5, 5.41) is 3.23. The minimum absolute atomic E-state index is 0.0102. The quantitative estimate of drug-likeness (QED) is 0.845. The number of hydrogen-bond donors (Lipinski definition) is 2. The van der Waals surface area contributed by atoms with E-state index in [4.69, 9.17) is 0 Å². The highest BCUT2D eigenvalue weighted by Gasteiger charge is 2.24. The highest BCUT2D eigenvalue weighted by Crippen LogP contribution is 2.13. The van der Waals surface area contributed by atoms with E-state index in [2.05, 4.69) is 17.0 Å². The van der Waals surface area contributed by atoms with Crippen molar-refractivity contribution in [1.29, 1.82) is 0 Å². The van der Waals surface area contributed by atoms with Crippen molar-refractivity contribution in [3.8, 4) is 0 Å². The summed E-state index contributed by atoms with van der Waals surface area (Å²) in [7, 11) is -3.37. The molecule has 2 N–H and O–H groups in total. The number of rotatable bonds is 3. The maximum atomic E-state index is 12.1. The molecule has 0 aromatic heterocycles. The molecule has 1 aliphatic heterocycles. The van der Waals surface area contributed by atoms with Crippen molar-refractivity contribution in [3.05, 3.63) is 30.3 Å². The third kappa shape index (κ3) is 3.28. The van der Waals surface area contributed by atoms with Crippen molar-refractivity contribution >= 4 is 10.0 Å². The molecule has 0 radical (unpaired) electrons. The summed E-state index contributed by atoms with van der Waals surface area (Å²) in [4.78, 5) is 0.332. The largest absolute Gasteiger partial charge is 0.315 e. The molecule has 5 heteroatoms. The van der Waals surface area contributed by atoms with E-state index in [1.807, 2.05) is 6.07 Å². The Balaban J connectivity index is 2.07. The molecule has 1 aliphatic rings. The first kappa shape index (κ1) is 12.5. The van der Waals surface area contributed by atoms with Crippen molar-refractivity contribution in [3.63, 3.8) is 0 Å². The molecule has 1 aromatic rings. The lowest BCUT2D eigenvalue weighted by Gasteiger charge is -2.28. The fourth-order valence-corrected chi connectivity index (χ4v) is 3.40. The zero-order valence-corrected chi connectivity index (χ0v) is 10.7. The molecule has 0 saturated carbocycles. The normalized spacial score (nSPS) is 25.7. The maximum Gasteiger partial charge on any atom is 0.240 e. The Morgan fingerprint density at radius 1 is 1.24 bits per heavy atom. The zero-order chi connectivity index (χ0) is 12.3. The SMILES string of the molecule is CC1CNCC(NS(=O)(=O)c2ccccc2)C1. The van der Waals surface area contributed by atoms with Crippen LogP contribution in [-0.4, -0.2) is 27.5 Å². The lowest BCUT2D eigenvalue weighted by molar-refractivity contribution is 0.346. The first-order chi connectivity index (χ1) is 8.08. The van der Waals surface area contributed by atoms with E-state index >= 15 is 0 Å². The summed E-state index contributed by atoms with van der Waals surface area (Å²) >= 11 is 0. The van der Waals surface area contributed by atoms with E-state index < -0.39 is 10.0 Å². The standard InChI is InChI=1S/C12H18N2O2S/c1-10-7-11(9-13-8-10)14-17(15,16)12-5-3-2-4-6-12/h2-6,10-11,13-14H,7-9H2,1H3. The summed E-state index contributed by atoms with van der Waals surface area (Å²) in [5.74, 6) is 0.507. The van der Waals surface area contributed by atoms with Crippen LogP contribution >= 0.6 is 0 Å². The van der Waals surface area contributed by atoms with E-state index in [-0.39, 0.29) is 6.04 Å². The molecule has 1 heterocycles. The van der Waals surface area contributed by atoms with Gasteiger partial charge in [0.2, 0.25) is 10.0 Å². The molecule has 1 saturated heterocycles. The van der Waals surface area contributed by atoms with Crippen molar-refractivity contribution in [2.24, 2.45) is 5.92 Å². The van der Waals surface area contributed by atoms with Crippen LogP contribution in [0.25, 0.3) is 0 Å². The number of piperidine rings is 1. The highest BCUT2D eigenvalue weighted by molar-refractivity contribution is 7.89. The molecular formula is C12H18N2O2S. The minimum atomic E-state index is -3.37. The van der Waals surface area contributed by atoms with Gasteiger partial charge in [-0.25, -0.2) is 13.1 Å². The van der Waals surface area contributed by atoms with E-state index in [1.165, 1.54) is 0 Å². The molecular weight excluding hydrogens is 236 g/mol. The summed E-state index contributed by atoms with van der Waals surface area (Å²) in [6.07, 6.45) is 0.888. The minimum Gasteiger partial charge on any atom is -0.315 e. The van der Waals surface area contributed by atoms with Crippen molar-refractivity contribution in [1.82, 2.24) is 10.0 Å². The van der Waals surface area contributed by atoms with Gasteiger partial charge in [-0.3, -0.25) is 0 Å². The molecule has 2 atom stereocenters. The van der Waals surface area contributed by atoms with E-state index in [0.717, 1.165) is 13.0 Å². The van der Waals surface area contributed by atoms with Gasteiger partial charge in [0.15, 0.2) is 0 Å². The fraction of sp³-hybridized carbons (Fsp3) is 0.500. The molecule has 94 valence electrons. The van der Waals surface area contributed by atoms with Crippen LogP contribution in [0.3, 0.4) is 0 Å². The molecule has 2 rings (SSSR count). The topological polar surface area (TPSA) is 58.2 Å². The van der Waals surface area contributed by atoms with Gasteiger partial charge in [0.05, 0.1) is 4.90 Å². The van der Waals surface area contributed by atoms with E-state index in [1.54, 1.807) is 24.3 Å². The van der Waals surface area contributed by atoms with Crippen LogP contribution in [0.4, 0.5) is 0 Å². The summed E-state index contributed by atoms with van der Waals surface area (Å²) in [5.41, 5.74) is 0. The van der Waals surface area contributed by atoms with Gasteiger partial charge in [-0.1, -0.05) is 25.1 Å². The Kier molecular flexibility index (Phi) is 3.81. The van der Waals surface area contributed by atoms with Gasteiger partial charge in [0, 0.05) is 12.6 Å². The Morgan fingerprint density at radius 2 is 1.94 bits per heavy atom. The summed E-state index contributed by atoms with van der Waals surface area (Å²) in [6.45, 7) is 3.79. The number of benzene rings is 1. The van der Waals surface area contributed by atoms with Crippen LogP contribution in [0.5, 0.6) is 0 Å². The second-order valence-corrected chi connectivity index (χ2v) is 6.34. The Hall–Kier alpha value is -0.910. The van der Waals surface area contributed by atoms with Gasteiger partial charge in [-0.15, -0.1) is 0 Å². The summed E-state index contributed by atoms with van der Waals surface area (Å²) < 4.78 is 26.9. The molecule has 4 nitrogen and oxygen atoms in total. The van der Waals surface area contributed by atoms with Crippen molar-refractivity contribution in [2.45, 2.75) is 24.3 Å². The average molecular weight is 254 g/mol. The second-order valence-electron chi connectivity index (χ2n) is 4.63. The monoisotopic (exact) mass is 254 g/mol. The Labute approximate surface area is 102 Å². The third-order valence-corrected chi connectivity index (χ3v) is 4.48. The van der Waals surface area contributed by atoms with E-state index in [9.17, 15) is 8.42 Å². The molecule has 2 unspecified atom stereocenters. The van der Waals surface area contributed by atoms with Crippen LogP contribution in [0.15, 0.2) is 35.2 Å². The molecule has 0 spiro atoms. The Morgan fingerprint density at radius 3 is 2.59 bits per heavy atom. The third-order valence-electron chi connectivity index (χ3n) is 2.95. The predicted molar refractivity (Wildman–Crippen MR) is 67.2 cm³/mol. The lowest BCUT2D eigenvalue weighted by Crippen LogP contribution is -2.48. The smallest absolute Gasteiger partial charge is 0.240 e. The predicted octanol–water partition coefficient (Wildman–Crippen LogP) is 0.963. The zero-order valence-electron chi connectivity index (χ0n) is 9.89. The molecule has 1 aromatic carbocycles. The van der Waals surface area contributed by atoms with Crippen LogP contribution in [0.1, 0.15) is 13.3 Å². The van der Waals surface area contributed by atoms with Crippen LogP contribution < -0.4 is 10.0 Å². The molecule has 17 heavy (non-hydrogen) atoms. The van der Waals surface area contributed by atoms with Crippen LogP contribution in [0.2, 0.25) is 0 Å².